The summed E-state index contributed by atoms with van der Waals surface area (Å²) in [5, 5.41) is 9.01. The van der Waals surface area contributed by atoms with Crippen LogP contribution in [-0.2, 0) is 15.0 Å². The van der Waals surface area contributed by atoms with Gasteiger partial charge in [-0.1, -0.05) is 20.8 Å². The third-order valence-electron chi connectivity index (χ3n) is 3.17. The average Bonchev–Trinajstić information content (AvgIpc) is 2.25. The second kappa shape index (κ2) is 5.99. The molecule has 0 bridgehead atoms. The van der Waals surface area contributed by atoms with E-state index in [0.29, 0.717) is 19.0 Å². The van der Waals surface area contributed by atoms with Gasteiger partial charge in [-0.2, -0.15) is 17.4 Å². The van der Waals surface area contributed by atoms with Crippen molar-refractivity contribution in [2.45, 2.75) is 39.7 Å². The maximum atomic E-state index is 12.1. The first-order valence-electron chi connectivity index (χ1n) is 6.24. The zero-order valence-corrected chi connectivity index (χ0v) is 11.9. The summed E-state index contributed by atoms with van der Waals surface area (Å²) in [5.41, 5.74) is 0. The predicted molar refractivity (Wildman–Crippen MR) is 68.3 cm³/mol. The molecule has 106 valence electrons. The molecule has 0 aromatic heterocycles. The molecule has 2 atom stereocenters. The maximum Gasteiger partial charge on any atom is 0.322 e. The fourth-order valence-electron chi connectivity index (χ4n) is 2.07. The topological polar surface area (TPSA) is 86.7 Å². The van der Waals surface area contributed by atoms with Gasteiger partial charge in [0, 0.05) is 13.1 Å². The van der Waals surface area contributed by atoms with Crippen LogP contribution in [0.5, 0.6) is 0 Å². The Balaban J connectivity index is 2.77. The number of nitrogens with one attached hydrogen (secondary N) is 1. The largest absolute Gasteiger partial charge is 0.480 e. The summed E-state index contributed by atoms with van der Waals surface area (Å²) in [4.78, 5) is 11.0. The van der Waals surface area contributed by atoms with Gasteiger partial charge in [-0.3, -0.25) is 4.79 Å². The van der Waals surface area contributed by atoms with E-state index in [1.807, 2.05) is 6.92 Å². The third kappa shape index (κ3) is 3.93. The van der Waals surface area contributed by atoms with Crippen LogP contribution in [0.25, 0.3) is 0 Å². The number of piperidine rings is 1. The van der Waals surface area contributed by atoms with E-state index < -0.39 is 22.2 Å². The van der Waals surface area contributed by atoms with Crippen LogP contribution >= 0.6 is 0 Å². The zero-order chi connectivity index (χ0) is 13.9. The molecular formula is C11H22N2O4S. The first-order valence-corrected chi connectivity index (χ1v) is 7.68. The van der Waals surface area contributed by atoms with Crippen LogP contribution in [0, 0.1) is 11.8 Å². The monoisotopic (exact) mass is 278 g/mol. The van der Waals surface area contributed by atoms with Crippen LogP contribution in [0.2, 0.25) is 0 Å². The van der Waals surface area contributed by atoms with Gasteiger partial charge in [-0.25, -0.2) is 0 Å². The number of hydrogen-bond donors (Lipinski definition) is 2. The van der Waals surface area contributed by atoms with Crippen molar-refractivity contribution in [3.63, 3.8) is 0 Å². The lowest BCUT2D eigenvalue weighted by Crippen LogP contribution is -2.52. The van der Waals surface area contributed by atoms with Crippen LogP contribution in [0.4, 0.5) is 0 Å². The predicted octanol–water partition coefficient (Wildman–Crippen LogP) is 0.662. The molecule has 1 aliphatic heterocycles. The van der Waals surface area contributed by atoms with Gasteiger partial charge in [0.05, 0.1) is 0 Å². The number of aliphatic carboxylic acids is 1. The van der Waals surface area contributed by atoms with Crippen molar-refractivity contribution < 1.29 is 18.3 Å². The van der Waals surface area contributed by atoms with E-state index in [1.165, 1.54) is 4.31 Å². The molecule has 0 aliphatic carbocycles. The zero-order valence-electron chi connectivity index (χ0n) is 11.1. The molecule has 2 N–H and O–H groups in total. The number of carbonyl (C=O) groups is 1. The van der Waals surface area contributed by atoms with Gasteiger partial charge >= 0.3 is 5.97 Å². The Bertz CT molecular complexity index is 394. The van der Waals surface area contributed by atoms with E-state index in [2.05, 4.69) is 4.72 Å². The molecule has 1 heterocycles. The van der Waals surface area contributed by atoms with Crippen molar-refractivity contribution in [3.8, 4) is 0 Å². The highest BCUT2D eigenvalue weighted by atomic mass is 32.2. The average molecular weight is 278 g/mol. The number of rotatable bonds is 5. The fourth-order valence-corrected chi connectivity index (χ4v) is 3.73. The molecule has 1 fully saturated rings. The van der Waals surface area contributed by atoms with E-state index >= 15 is 0 Å². The Morgan fingerprint density at radius 2 is 2.06 bits per heavy atom. The van der Waals surface area contributed by atoms with Crippen LogP contribution < -0.4 is 4.72 Å². The summed E-state index contributed by atoms with van der Waals surface area (Å²) in [6, 6.07) is -1.08. The SMILES string of the molecule is CC1CCCN(S(=O)(=O)NC(C(=O)O)C(C)C)C1. The third-order valence-corrected chi connectivity index (χ3v) is 4.73. The molecule has 0 radical (unpaired) electrons. The minimum absolute atomic E-state index is 0.292. The maximum absolute atomic E-state index is 12.1. The van der Waals surface area contributed by atoms with Crippen molar-refractivity contribution in [2.75, 3.05) is 13.1 Å². The van der Waals surface area contributed by atoms with Gasteiger partial charge in [0.2, 0.25) is 0 Å². The molecule has 1 rings (SSSR count). The van der Waals surface area contributed by atoms with E-state index in [9.17, 15) is 13.2 Å². The van der Waals surface area contributed by atoms with Crippen molar-refractivity contribution >= 4 is 16.2 Å². The van der Waals surface area contributed by atoms with E-state index in [0.717, 1.165) is 12.8 Å². The van der Waals surface area contributed by atoms with Crippen molar-refractivity contribution in [2.24, 2.45) is 11.8 Å². The quantitative estimate of drug-likeness (QED) is 0.773. The smallest absolute Gasteiger partial charge is 0.322 e. The molecule has 6 nitrogen and oxygen atoms in total. The Morgan fingerprint density at radius 3 is 2.50 bits per heavy atom. The Hall–Kier alpha value is -0.660. The van der Waals surface area contributed by atoms with E-state index in [4.69, 9.17) is 5.11 Å². The van der Waals surface area contributed by atoms with E-state index in [-0.39, 0.29) is 5.92 Å². The number of carboxylic acid groups (broad SMARTS) is 1. The van der Waals surface area contributed by atoms with Gasteiger partial charge in [-0.05, 0) is 24.7 Å². The number of carboxylic acids is 1. The van der Waals surface area contributed by atoms with Crippen LogP contribution in [0.15, 0.2) is 0 Å². The summed E-state index contributed by atoms with van der Waals surface area (Å²) < 4.78 is 27.8. The molecule has 0 spiro atoms. The minimum atomic E-state index is -3.70. The van der Waals surface area contributed by atoms with E-state index in [1.54, 1.807) is 13.8 Å². The number of nitrogens with zero attached hydrogens (tertiary/aromatic N) is 1. The molecule has 18 heavy (non-hydrogen) atoms. The van der Waals surface area contributed by atoms with Gasteiger partial charge in [0.25, 0.3) is 10.2 Å². The van der Waals surface area contributed by atoms with Gasteiger partial charge in [-0.15, -0.1) is 0 Å². The Kier molecular flexibility index (Phi) is 5.12. The van der Waals surface area contributed by atoms with Crippen molar-refractivity contribution in [3.05, 3.63) is 0 Å². The first kappa shape index (κ1) is 15.4. The molecule has 0 aromatic carbocycles. The van der Waals surface area contributed by atoms with Crippen molar-refractivity contribution in [1.29, 1.82) is 0 Å². The molecule has 0 amide bonds. The summed E-state index contributed by atoms with van der Waals surface area (Å²) in [7, 11) is -3.70. The first-order chi connectivity index (χ1) is 8.24. The van der Waals surface area contributed by atoms with Crippen molar-refractivity contribution in [1.82, 2.24) is 9.03 Å². The lowest BCUT2D eigenvalue weighted by Gasteiger charge is -2.31. The van der Waals surface area contributed by atoms with Crippen LogP contribution in [0.1, 0.15) is 33.6 Å². The summed E-state index contributed by atoms with van der Waals surface area (Å²) in [5.74, 6) is -1.12. The number of hydrogen-bond acceptors (Lipinski definition) is 3. The van der Waals surface area contributed by atoms with Crippen LogP contribution in [-0.4, -0.2) is 42.9 Å². The Labute approximate surface area is 109 Å². The summed E-state index contributed by atoms with van der Waals surface area (Å²) in [6.07, 6.45) is 1.83. The standard InChI is InChI=1S/C11H22N2O4S/c1-8(2)10(11(14)15)12-18(16,17)13-6-4-5-9(3)7-13/h8-10,12H,4-7H2,1-3H3,(H,14,15). The van der Waals surface area contributed by atoms with Gasteiger partial charge in [0.1, 0.15) is 6.04 Å². The highest BCUT2D eigenvalue weighted by molar-refractivity contribution is 7.87. The van der Waals surface area contributed by atoms with Gasteiger partial charge < -0.3 is 5.11 Å². The highest BCUT2D eigenvalue weighted by Gasteiger charge is 2.32. The second-order valence-electron chi connectivity index (χ2n) is 5.29. The highest BCUT2D eigenvalue weighted by Crippen LogP contribution is 2.18. The summed E-state index contributed by atoms with van der Waals surface area (Å²) in [6.45, 7) is 6.28. The normalized spacial score (nSPS) is 24.1. The van der Waals surface area contributed by atoms with Gasteiger partial charge in [0.15, 0.2) is 0 Å². The molecular weight excluding hydrogens is 256 g/mol. The molecule has 0 aromatic rings. The fraction of sp³-hybridized carbons (Fsp3) is 0.909. The lowest BCUT2D eigenvalue weighted by atomic mass is 10.0. The molecule has 2 unspecified atom stereocenters. The summed E-state index contributed by atoms with van der Waals surface area (Å²) >= 11 is 0. The molecule has 1 saturated heterocycles. The van der Waals surface area contributed by atoms with Crippen LogP contribution in [0.3, 0.4) is 0 Å². The molecule has 7 heteroatoms. The molecule has 0 saturated carbocycles. The second-order valence-corrected chi connectivity index (χ2v) is 6.99. The minimum Gasteiger partial charge on any atom is -0.480 e. The lowest BCUT2D eigenvalue weighted by molar-refractivity contribution is -0.140. The molecule has 1 aliphatic rings. The Morgan fingerprint density at radius 1 is 1.44 bits per heavy atom.